The van der Waals surface area contributed by atoms with Gasteiger partial charge in [-0.2, -0.15) is 0 Å². The van der Waals surface area contributed by atoms with E-state index < -0.39 is 11.8 Å². The first kappa shape index (κ1) is 14.0. The maximum Gasteiger partial charge on any atom is 0.508 e. The zero-order valence-corrected chi connectivity index (χ0v) is 10.9. The van der Waals surface area contributed by atoms with Gasteiger partial charge in [-0.15, -0.1) is 6.58 Å². The lowest BCUT2D eigenvalue weighted by Crippen LogP contribution is -2.25. The van der Waals surface area contributed by atoms with Crippen molar-refractivity contribution in [3.05, 3.63) is 12.7 Å². The molecule has 0 saturated carbocycles. The van der Waals surface area contributed by atoms with Gasteiger partial charge in [0.05, 0.1) is 6.10 Å². The average molecular weight is 242 g/mol. The molecule has 1 heterocycles. The number of epoxide rings is 1. The van der Waals surface area contributed by atoms with Crippen molar-refractivity contribution in [2.24, 2.45) is 0 Å². The molecule has 0 aromatic rings. The van der Waals surface area contributed by atoms with E-state index in [2.05, 4.69) is 6.58 Å². The van der Waals surface area contributed by atoms with E-state index in [0.717, 1.165) is 19.3 Å². The molecule has 1 aliphatic heterocycles. The summed E-state index contributed by atoms with van der Waals surface area (Å²) in [6.07, 6.45) is 4.61. The monoisotopic (exact) mass is 242 g/mol. The van der Waals surface area contributed by atoms with Gasteiger partial charge in [-0.3, -0.25) is 0 Å². The summed E-state index contributed by atoms with van der Waals surface area (Å²) in [5.74, 6) is 0. The Kier molecular flexibility index (Phi) is 5.00. The van der Waals surface area contributed by atoms with Gasteiger partial charge in [0.25, 0.3) is 0 Å². The minimum absolute atomic E-state index is 0.0485. The van der Waals surface area contributed by atoms with Crippen molar-refractivity contribution < 1.29 is 19.0 Å². The number of carbonyl (C=O) groups is 1. The van der Waals surface area contributed by atoms with Crippen LogP contribution in [-0.2, 0) is 14.2 Å². The van der Waals surface area contributed by atoms with Crippen molar-refractivity contribution in [2.45, 2.75) is 57.8 Å². The predicted octanol–water partition coefficient (Wildman–Crippen LogP) is 3.06. The minimum atomic E-state index is -0.627. The Morgan fingerprint density at radius 3 is 2.71 bits per heavy atom. The zero-order chi connectivity index (χ0) is 12.9. The lowest BCUT2D eigenvalue weighted by atomic mass is 10.1. The van der Waals surface area contributed by atoms with Crippen molar-refractivity contribution >= 4 is 6.16 Å². The first-order chi connectivity index (χ1) is 7.92. The molecule has 0 radical (unpaired) electrons. The van der Waals surface area contributed by atoms with Crippen LogP contribution in [0.25, 0.3) is 0 Å². The fourth-order valence-electron chi connectivity index (χ4n) is 1.47. The third kappa shape index (κ3) is 6.31. The molecule has 0 N–H and O–H groups in total. The van der Waals surface area contributed by atoms with Crippen molar-refractivity contribution in [1.29, 1.82) is 0 Å². The van der Waals surface area contributed by atoms with E-state index in [9.17, 15) is 4.79 Å². The van der Waals surface area contributed by atoms with E-state index in [1.54, 1.807) is 20.8 Å². The number of hydrogen-bond donors (Lipinski definition) is 0. The molecule has 98 valence electrons. The molecule has 4 nitrogen and oxygen atoms in total. The van der Waals surface area contributed by atoms with Crippen molar-refractivity contribution in [3.8, 4) is 0 Å². The maximum absolute atomic E-state index is 11.2. The van der Waals surface area contributed by atoms with Crippen LogP contribution in [0.2, 0.25) is 0 Å². The van der Waals surface area contributed by atoms with Gasteiger partial charge in [0, 0.05) is 0 Å². The van der Waals surface area contributed by atoms with Crippen LogP contribution in [0.15, 0.2) is 12.7 Å². The van der Waals surface area contributed by atoms with Crippen LogP contribution in [0.1, 0.15) is 40.0 Å². The molecule has 4 heteroatoms. The largest absolute Gasteiger partial charge is 0.508 e. The molecular weight excluding hydrogens is 220 g/mol. The summed E-state index contributed by atoms with van der Waals surface area (Å²) in [6.45, 7) is 9.37. The van der Waals surface area contributed by atoms with Crippen LogP contribution in [-0.4, -0.2) is 30.6 Å². The lowest BCUT2D eigenvalue weighted by Gasteiger charge is -2.18. The molecule has 0 spiro atoms. The second-order valence-electron chi connectivity index (χ2n) is 5.21. The average Bonchev–Trinajstić information content (AvgIpc) is 2.92. The molecule has 2 atom stereocenters. The molecule has 1 fully saturated rings. The maximum atomic E-state index is 11.2. The second kappa shape index (κ2) is 6.05. The highest BCUT2D eigenvalue weighted by Gasteiger charge is 2.39. The van der Waals surface area contributed by atoms with Gasteiger partial charge in [-0.05, 0) is 40.0 Å². The SMILES string of the molecule is C=CCCC[C@@H]1O[C@H]1COC(=O)OC(C)(C)C. The summed E-state index contributed by atoms with van der Waals surface area (Å²) in [4.78, 5) is 11.2. The molecule has 0 aliphatic carbocycles. The minimum Gasteiger partial charge on any atom is -0.431 e. The smallest absolute Gasteiger partial charge is 0.431 e. The van der Waals surface area contributed by atoms with Gasteiger partial charge < -0.3 is 14.2 Å². The Labute approximate surface area is 103 Å². The van der Waals surface area contributed by atoms with Crippen LogP contribution >= 0.6 is 0 Å². The van der Waals surface area contributed by atoms with E-state index in [-0.39, 0.29) is 18.8 Å². The van der Waals surface area contributed by atoms with Crippen molar-refractivity contribution in [2.75, 3.05) is 6.61 Å². The van der Waals surface area contributed by atoms with E-state index in [1.165, 1.54) is 0 Å². The van der Waals surface area contributed by atoms with Crippen molar-refractivity contribution in [3.63, 3.8) is 0 Å². The van der Waals surface area contributed by atoms with Gasteiger partial charge in [0.2, 0.25) is 0 Å². The number of rotatable bonds is 6. The van der Waals surface area contributed by atoms with Gasteiger partial charge in [-0.1, -0.05) is 6.08 Å². The molecule has 1 saturated heterocycles. The topological polar surface area (TPSA) is 48.1 Å². The van der Waals surface area contributed by atoms with Crippen LogP contribution in [0, 0.1) is 0 Å². The third-order valence-corrected chi connectivity index (χ3v) is 2.34. The summed E-state index contributed by atoms with van der Waals surface area (Å²) >= 11 is 0. The molecule has 0 bridgehead atoms. The lowest BCUT2D eigenvalue weighted by molar-refractivity contribution is -0.00947. The fraction of sp³-hybridized carbons (Fsp3) is 0.769. The van der Waals surface area contributed by atoms with Gasteiger partial charge in [0.1, 0.15) is 18.3 Å². The molecule has 0 aromatic heterocycles. The molecular formula is C13H22O4. The standard InChI is InChI=1S/C13H22O4/c1-5-6-7-8-10-11(16-10)9-15-12(14)17-13(2,3)4/h5,10-11H,1,6-9H2,2-4H3/t10-,11-/m0/s1. The van der Waals surface area contributed by atoms with E-state index in [0.29, 0.717) is 0 Å². The second-order valence-corrected chi connectivity index (χ2v) is 5.21. The Morgan fingerprint density at radius 1 is 1.41 bits per heavy atom. The van der Waals surface area contributed by atoms with E-state index in [4.69, 9.17) is 14.2 Å². The Hall–Kier alpha value is -1.03. The number of unbranched alkanes of at least 4 members (excludes halogenated alkanes) is 1. The number of carbonyl (C=O) groups excluding carboxylic acids is 1. The van der Waals surface area contributed by atoms with Crippen LogP contribution in [0.3, 0.4) is 0 Å². The quantitative estimate of drug-likeness (QED) is 0.311. The summed E-state index contributed by atoms with van der Waals surface area (Å²) in [6, 6.07) is 0. The molecule has 0 unspecified atom stereocenters. The summed E-state index contributed by atoms with van der Waals surface area (Å²) < 4.78 is 15.4. The van der Waals surface area contributed by atoms with E-state index >= 15 is 0 Å². The normalized spacial score (nSPS) is 23.0. The molecule has 1 aliphatic rings. The van der Waals surface area contributed by atoms with Crippen LogP contribution in [0.4, 0.5) is 4.79 Å². The molecule has 17 heavy (non-hydrogen) atoms. The highest BCUT2D eigenvalue weighted by Crippen LogP contribution is 2.27. The van der Waals surface area contributed by atoms with Crippen LogP contribution < -0.4 is 0 Å². The number of hydrogen-bond acceptors (Lipinski definition) is 4. The first-order valence-corrected chi connectivity index (χ1v) is 6.04. The van der Waals surface area contributed by atoms with Crippen molar-refractivity contribution in [1.82, 2.24) is 0 Å². The predicted molar refractivity (Wildman–Crippen MR) is 64.9 cm³/mol. The first-order valence-electron chi connectivity index (χ1n) is 6.04. The Balaban J connectivity index is 2.05. The molecule has 1 rings (SSSR count). The summed E-state index contributed by atoms with van der Waals surface area (Å²) in [5, 5.41) is 0. The van der Waals surface area contributed by atoms with Gasteiger partial charge >= 0.3 is 6.16 Å². The number of allylic oxidation sites excluding steroid dienone is 1. The summed E-state index contributed by atoms with van der Waals surface area (Å²) in [7, 11) is 0. The van der Waals surface area contributed by atoms with Crippen LogP contribution in [0.5, 0.6) is 0 Å². The zero-order valence-electron chi connectivity index (χ0n) is 10.9. The Morgan fingerprint density at radius 2 is 2.12 bits per heavy atom. The van der Waals surface area contributed by atoms with E-state index in [1.807, 2.05) is 6.08 Å². The summed E-state index contributed by atoms with van der Waals surface area (Å²) in [5.41, 5.74) is -0.509. The van der Waals surface area contributed by atoms with Gasteiger partial charge in [0.15, 0.2) is 0 Å². The highest BCUT2D eigenvalue weighted by atomic mass is 16.7. The molecule has 0 aromatic carbocycles. The van der Waals surface area contributed by atoms with Gasteiger partial charge in [-0.25, -0.2) is 4.79 Å². The highest BCUT2D eigenvalue weighted by molar-refractivity contribution is 5.60. The Bertz CT molecular complexity index is 267. The fourth-order valence-corrected chi connectivity index (χ4v) is 1.47. The number of ether oxygens (including phenoxy) is 3. The third-order valence-electron chi connectivity index (χ3n) is 2.34. The molecule has 0 amide bonds.